The van der Waals surface area contributed by atoms with Crippen LogP contribution in [0, 0.1) is 5.92 Å². The molecule has 0 radical (unpaired) electrons. The number of hydrogen-bond donors (Lipinski definition) is 0. The van der Waals surface area contributed by atoms with Crippen molar-refractivity contribution in [2.45, 2.75) is 43.9 Å². The van der Waals surface area contributed by atoms with Gasteiger partial charge in [-0.25, -0.2) is 0 Å². The van der Waals surface area contributed by atoms with E-state index in [1.165, 1.54) is 24.9 Å². The van der Waals surface area contributed by atoms with E-state index >= 15 is 0 Å². The van der Waals surface area contributed by atoms with Crippen molar-refractivity contribution < 1.29 is 9.53 Å². The lowest BCUT2D eigenvalue weighted by Crippen LogP contribution is -2.61. The van der Waals surface area contributed by atoms with Gasteiger partial charge in [0.1, 0.15) is 11.7 Å². The number of rotatable bonds is 4. The van der Waals surface area contributed by atoms with Gasteiger partial charge in [0.2, 0.25) is 5.91 Å². The molecule has 0 bridgehead atoms. The fraction of sp³-hybridized carbons (Fsp3) is 0.667. The molecule has 1 aromatic rings. The summed E-state index contributed by atoms with van der Waals surface area (Å²) in [6.07, 6.45) is 4.62. The molecule has 26 heavy (non-hydrogen) atoms. The van der Waals surface area contributed by atoms with Gasteiger partial charge in [0.25, 0.3) is 0 Å². The van der Waals surface area contributed by atoms with Gasteiger partial charge in [-0.15, -0.1) is 0 Å². The summed E-state index contributed by atoms with van der Waals surface area (Å²) in [4.78, 5) is 20.7. The first-order chi connectivity index (χ1) is 12.8. The standard InChI is InChI=1S/C21H29N3O2/c25-20-19-16-22(14-18-6-7-18)10-11-23(19)21(8-12-26-13-9-21)24(20)15-17-4-2-1-3-5-17/h1-5,18-19H,6-16H2/t19-/m1/s1. The molecule has 5 rings (SSSR count). The number of fused-ring (bicyclic) bond motifs is 2. The molecule has 1 atom stereocenters. The molecule has 1 spiro atoms. The van der Waals surface area contributed by atoms with Crippen molar-refractivity contribution in [3.63, 3.8) is 0 Å². The molecule has 4 aliphatic rings. The number of piperazine rings is 1. The van der Waals surface area contributed by atoms with Crippen molar-refractivity contribution >= 4 is 5.91 Å². The number of nitrogens with zero attached hydrogens (tertiary/aromatic N) is 3. The van der Waals surface area contributed by atoms with Crippen LogP contribution in [0.15, 0.2) is 30.3 Å². The Kier molecular flexibility index (Phi) is 4.26. The summed E-state index contributed by atoms with van der Waals surface area (Å²) in [7, 11) is 0. The first kappa shape index (κ1) is 16.7. The summed E-state index contributed by atoms with van der Waals surface area (Å²) in [6.45, 7) is 6.43. The van der Waals surface area contributed by atoms with Crippen LogP contribution in [0.25, 0.3) is 0 Å². The van der Waals surface area contributed by atoms with Crippen LogP contribution >= 0.6 is 0 Å². The minimum absolute atomic E-state index is 0.0318. The maximum Gasteiger partial charge on any atom is 0.243 e. The Morgan fingerprint density at radius 1 is 1.08 bits per heavy atom. The van der Waals surface area contributed by atoms with E-state index in [0.717, 1.165) is 58.2 Å². The molecule has 1 aliphatic carbocycles. The lowest BCUT2D eigenvalue weighted by atomic mass is 9.96. The molecule has 0 aromatic heterocycles. The fourth-order valence-electron chi connectivity index (χ4n) is 5.17. The predicted molar refractivity (Wildman–Crippen MR) is 99.4 cm³/mol. The summed E-state index contributed by atoms with van der Waals surface area (Å²) < 4.78 is 5.68. The van der Waals surface area contributed by atoms with Crippen LogP contribution in [0.5, 0.6) is 0 Å². The van der Waals surface area contributed by atoms with Gasteiger partial charge in [0, 0.05) is 45.6 Å². The molecular weight excluding hydrogens is 326 g/mol. The molecule has 1 saturated carbocycles. The van der Waals surface area contributed by atoms with Gasteiger partial charge in [-0.3, -0.25) is 14.6 Å². The van der Waals surface area contributed by atoms with Crippen LogP contribution in [0.1, 0.15) is 31.2 Å². The highest BCUT2D eigenvalue weighted by atomic mass is 16.5. The van der Waals surface area contributed by atoms with E-state index in [9.17, 15) is 4.79 Å². The Morgan fingerprint density at radius 2 is 1.85 bits per heavy atom. The van der Waals surface area contributed by atoms with Gasteiger partial charge in [0.15, 0.2) is 0 Å². The molecule has 5 nitrogen and oxygen atoms in total. The lowest BCUT2D eigenvalue weighted by molar-refractivity contribution is -0.137. The molecule has 1 aromatic carbocycles. The van der Waals surface area contributed by atoms with E-state index in [1.807, 2.05) is 6.07 Å². The molecule has 1 amide bonds. The average Bonchev–Trinajstić information content (AvgIpc) is 3.47. The number of benzene rings is 1. The second kappa shape index (κ2) is 6.63. The van der Waals surface area contributed by atoms with Gasteiger partial charge in [0.05, 0.1) is 13.2 Å². The first-order valence-electron chi connectivity index (χ1n) is 10.2. The highest BCUT2D eigenvalue weighted by Gasteiger charge is 2.58. The SMILES string of the molecule is O=C1[C@H]2CN(CC3CC3)CCN2C2(CCOCC2)N1Cc1ccccc1. The maximum absolute atomic E-state index is 13.5. The van der Waals surface area contributed by atoms with Crippen LogP contribution in [-0.4, -0.2) is 71.7 Å². The predicted octanol–water partition coefficient (Wildman–Crippen LogP) is 1.93. The Bertz CT molecular complexity index is 654. The highest BCUT2D eigenvalue weighted by Crippen LogP contribution is 2.42. The van der Waals surface area contributed by atoms with E-state index in [4.69, 9.17) is 4.74 Å². The van der Waals surface area contributed by atoms with Crippen LogP contribution in [-0.2, 0) is 16.1 Å². The highest BCUT2D eigenvalue weighted by molar-refractivity contribution is 5.85. The normalized spacial score (nSPS) is 29.3. The molecule has 3 saturated heterocycles. The third kappa shape index (κ3) is 2.86. The molecule has 0 unspecified atom stereocenters. The quantitative estimate of drug-likeness (QED) is 0.827. The van der Waals surface area contributed by atoms with Crippen molar-refractivity contribution in [3.8, 4) is 0 Å². The largest absolute Gasteiger partial charge is 0.381 e. The lowest BCUT2D eigenvalue weighted by Gasteiger charge is -2.49. The van der Waals surface area contributed by atoms with Gasteiger partial charge in [-0.1, -0.05) is 30.3 Å². The monoisotopic (exact) mass is 355 g/mol. The maximum atomic E-state index is 13.5. The third-order valence-corrected chi connectivity index (χ3v) is 6.74. The van der Waals surface area contributed by atoms with Crippen LogP contribution < -0.4 is 0 Å². The summed E-state index contributed by atoms with van der Waals surface area (Å²) in [6, 6.07) is 10.5. The van der Waals surface area contributed by atoms with E-state index in [1.54, 1.807) is 0 Å². The average molecular weight is 355 g/mol. The van der Waals surface area contributed by atoms with Crippen molar-refractivity contribution in [2.75, 3.05) is 39.4 Å². The number of hydrogen-bond acceptors (Lipinski definition) is 4. The zero-order valence-corrected chi connectivity index (χ0v) is 15.5. The van der Waals surface area contributed by atoms with Crippen molar-refractivity contribution in [1.29, 1.82) is 0 Å². The second-order valence-corrected chi connectivity index (χ2v) is 8.42. The zero-order valence-electron chi connectivity index (χ0n) is 15.5. The molecule has 3 heterocycles. The number of amides is 1. The minimum atomic E-state index is -0.137. The van der Waals surface area contributed by atoms with Gasteiger partial charge < -0.3 is 9.64 Å². The zero-order chi connectivity index (χ0) is 17.6. The smallest absolute Gasteiger partial charge is 0.243 e. The van der Waals surface area contributed by atoms with Crippen LogP contribution in [0.3, 0.4) is 0 Å². The summed E-state index contributed by atoms with van der Waals surface area (Å²) >= 11 is 0. The second-order valence-electron chi connectivity index (χ2n) is 8.42. The van der Waals surface area contributed by atoms with Gasteiger partial charge >= 0.3 is 0 Å². The Labute approximate surface area is 155 Å². The topological polar surface area (TPSA) is 36.0 Å². The molecule has 3 aliphatic heterocycles. The van der Waals surface area contributed by atoms with E-state index < -0.39 is 0 Å². The van der Waals surface area contributed by atoms with E-state index in [0.29, 0.717) is 5.91 Å². The summed E-state index contributed by atoms with van der Waals surface area (Å²) in [5.41, 5.74) is 1.09. The number of carbonyl (C=O) groups excluding carboxylic acids is 1. The number of carbonyl (C=O) groups is 1. The van der Waals surface area contributed by atoms with E-state index in [2.05, 4.69) is 39.0 Å². The van der Waals surface area contributed by atoms with Gasteiger partial charge in [-0.2, -0.15) is 0 Å². The fourth-order valence-corrected chi connectivity index (χ4v) is 5.17. The van der Waals surface area contributed by atoms with Crippen LogP contribution in [0.2, 0.25) is 0 Å². The minimum Gasteiger partial charge on any atom is -0.381 e. The van der Waals surface area contributed by atoms with Crippen LogP contribution in [0.4, 0.5) is 0 Å². The van der Waals surface area contributed by atoms with E-state index in [-0.39, 0.29) is 11.7 Å². The summed E-state index contributed by atoms with van der Waals surface area (Å²) in [5, 5.41) is 0. The van der Waals surface area contributed by atoms with Crippen molar-refractivity contribution in [3.05, 3.63) is 35.9 Å². The van der Waals surface area contributed by atoms with Crippen molar-refractivity contribution in [1.82, 2.24) is 14.7 Å². The molecule has 4 fully saturated rings. The third-order valence-electron chi connectivity index (χ3n) is 6.74. The molecular formula is C21H29N3O2. The number of ether oxygens (including phenoxy) is 1. The Balaban J connectivity index is 1.41. The Morgan fingerprint density at radius 3 is 2.58 bits per heavy atom. The molecule has 5 heteroatoms. The first-order valence-corrected chi connectivity index (χ1v) is 10.2. The summed E-state index contributed by atoms with van der Waals surface area (Å²) in [5.74, 6) is 1.21. The van der Waals surface area contributed by atoms with Gasteiger partial charge in [-0.05, 0) is 24.3 Å². The molecule has 140 valence electrons. The molecule has 0 N–H and O–H groups in total. The Hall–Kier alpha value is -1.43. The van der Waals surface area contributed by atoms with Crippen molar-refractivity contribution in [2.24, 2.45) is 5.92 Å².